The summed E-state index contributed by atoms with van der Waals surface area (Å²) in [6, 6.07) is 6.98. The minimum absolute atomic E-state index is 0.0708. The lowest BCUT2D eigenvalue weighted by molar-refractivity contribution is -0.185. The molecule has 1 unspecified atom stereocenters. The third-order valence-electron chi connectivity index (χ3n) is 5.27. The monoisotopic (exact) mass is 358 g/mol. The SMILES string of the molecule is CCC1CCC(COc2ccc(CC(COC)C(F)(F)F)cc2)CC1. The maximum atomic E-state index is 12.9. The lowest BCUT2D eigenvalue weighted by atomic mass is 9.81. The zero-order valence-corrected chi connectivity index (χ0v) is 15.1. The fraction of sp³-hybridized carbons (Fsp3) is 0.700. The smallest absolute Gasteiger partial charge is 0.394 e. The number of alkyl halides is 3. The van der Waals surface area contributed by atoms with Crippen LogP contribution in [0.4, 0.5) is 13.2 Å². The van der Waals surface area contributed by atoms with Gasteiger partial charge in [-0.15, -0.1) is 0 Å². The predicted molar refractivity (Wildman–Crippen MR) is 92.8 cm³/mol. The summed E-state index contributed by atoms with van der Waals surface area (Å²) in [7, 11) is 1.30. The third kappa shape index (κ3) is 6.53. The van der Waals surface area contributed by atoms with E-state index in [0.29, 0.717) is 18.1 Å². The summed E-state index contributed by atoms with van der Waals surface area (Å²) >= 11 is 0. The van der Waals surface area contributed by atoms with Gasteiger partial charge in [0.1, 0.15) is 5.75 Å². The molecule has 1 aromatic carbocycles. The highest BCUT2D eigenvalue weighted by molar-refractivity contribution is 5.27. The lowest BCUT2D eigenvalue weighted by Gasteiger charge is -2.27. The molecule has 0 heterocycles. The highest BCUT2D eigenvalue weighted by Crippen LogP contribution is 2.32. The molecular weight excluding hydrogens is 329 g/mol. The molecule has 25 heavy (non-hydrogen) atoms. The fourth-order valence-electron chi connectivity index (χ4n) is 3.50. The standard InChI is InChI=1S/C20H29F3O2/c1-3-15-4-6-17(7-5-15)13-25-19-10-8-16(9-11-19)12-18(14-24-2)20(21,22)23/h8-11,15,17-18H,3-7,12-14H2,1-2H3. The topological polar surface area (TPSA) is 18.5 Å². The van der Waals surface area contributed by atoms with Crippen LogP contribution < -0.4 is 4.74 Å². The fourth-order valence-corrected chi connectivity index (χ4v) is 3.50. The number of hydrogen-bond donors (Lipinski definition) is 0. The minimum Gasteiger partial charge on any atom is -0.493 e. The molecule has 1 saturated carbocycles. The van der Waals surface area contributed by atoms with E-state index in [1.165, 1.54) is 39.2 Å². The summed E-state index contributed by atoms with van der Waals surface area (Å²) in [5.74, 6) is 0.720. The van der Waals surface area contributed by atoms with Crippen LogP contribution in [0.3, 0.4) is 0 Å². The second-order valence-electron chi connectivity index (χ2n) is 7.15. The van der Waals surface area contributed by atoms with E-state index in [9.17, 15) is 13.2 Å². The largest absolute Gasteiger partial charge is 0.493 e. The van der Waals surface area contributed by atoms with Crippen molar-refractivity contribution in [2.45, 2.75) is 51.6 Å². The van der Waals surface area contributed by atoms with Crippen molar-refractivity contribution < 1.29 is 22.6 Å². The van der Waals surface area contributed by atoms with Crippen LogP contribution >= 0.6 is 0 Å². The molecule has 1 aromatic rings. The summed E-state index contributed by atoms with van der Waals surface area (Å²) in [4.78, 5) is 0. The van der Waals surface area contributed by atoms with Crippen LogP contribution in [0, 0.1) is 17.8 Å². The molecule has 0 radical (unpaired) electrons. The van der Waals surface area contributed by atoms with Gasteiger partial charge in [-0.25, -0.2) is 0 Å². The maximum Gasteiger partial charge on any atom is 0.394 e. The maximum absolute atomic E-state index is 12.9. The van der Waals surface area contributed by atoms with E-state index in [1.54, 1.807) is 24.3 Å². The molecule has 0 aliphatic heterocycles. The van der Waals surface area contributed by atoms with Gasteiger partial charge in [0, 0.05) is 7.11 Å². The van der Waals surface area contributed by atoms with Crippen molar-refractivity contribution in [3.05, 3.63) is 29.8 Å². The van der Waals surface area contributed by atoms with Gasteiger partial charge in [-0.1, -0.05) is 38.3 Å². The van der Waals surface area contributed by atoms with E-state index >= 15 is 0 Å². The molecule has 2 nitrogen and oxygen atoms in total. The first-order valence-electron chi connectivity index (χ1n) is 9.19. The van der Waals surface area contributed by atoms with Crippen molar-refractivity contribution in [3.8, 4) is 5.75 Å². The van der Waals surface area contributed by atoms with E-state index < -0.39 is 12.1 Å². The number of benzene rings is 1. The zero-order chi connectivity index (χ0) is 18.3. The average Bonchev–Trinajstić information content (AvgIpc) is 2.60. The van der Waals surface area contributed by atoms with Gasteiger partial charge in [0.15, 0.2) is 0 Å². The first kappa shape index (κ1) is 20.1. The molecule has 0 saturated heterocycles. The number of methoxy groups -OCH3 is 1. The first-order chi connectivity index (χ1) is 11.9. The summed E-state index contributed by atoms with van der Waals surface area (Å²) < 4.78 is 49.4. The van der Waals surface area contributed by atoms with Crippen LogP contribution in [-0.4, -0.2) is 26.5 Å². The van der Waals surface area contributed by atoms with Crippen LogP contribution in [0.25, 0.3) is 0 Å². The highest BCUT2D eigenvalue weighted by atomic mass is 19.4. The van der Waals surface area contributed by atoms with Crippen molar-refractivity contribution in [2.24, 2.45) is 17.8 Å². The Labute approximate surface area is 148 Å². The van der Waals surface area contributed by atoms with Gasteiger partial charge in [-0.2, -0.15) is 13.2 Å². The van der Waals surface area contributed by atoms with Crippen molar-refractivity contribution in [1.82, 2.24) is 0 Å². The van der Waals surface area contributed by atoms with E-state index in [1.807, 2.05) is 0 Å². The Hall–Kier alpha value is -1.23. The molecule has 0 aromatic heterocycles. The molecular formula is C20H29F3O2. The Kier molecular flexibility index (Phi) is 7.60. The highest BCUT2D eigenvalue weighted by Gasteiger charge is 2.39. The molecule has 2 rings (SSSR count). The van der Waals surface area contributed by atoms with Crippen molar-refractivity contribution in [2.75, 3.05) is 20.3 Å². The normalized spacial score (nSPS) is 22.6. The van der Waals surface area contributed by atoms with Gasteiger partial charge < -0.3 is 9.47 Å². The van der Waals surface area contributed by atoms with E-state index in [4.69, 9.17) is 9.47 Å². The van der Waals surface area contributed by atoms with Gasteiger partial charge in [-0.05, 0) is 48.8 Å². The first-order valence-corrected chi connectivity index (χ1v) is 9.19. The van der Waals surface area contributed by atoms with Crippen LogP contribution in [0.2, 0.25) is 0 Å². The predicted octanol–water partition coefficient (Wildman–Crippen LogP) is 5.65. The Morgan fingerprint density at radius 1 is 1.04 bits per heavy atom. The molecule has 1 atom stereocenters. The van der Waals surface area contributed by atoms with Gasteiger partial charge in [0.2, 0.25) is 0 Å². The summed E-state index contributed by atoms with van der Waals surface area (Å²) in [5, 5.41) is 0. The molecule has 1 aliphatic carbocycles. The van der Waals surface area contributed by atoms with E-state index in [-0.39, 0.29) is 13.0 Å². The molecule has 0 spiro atoms. The van der Waals surface area contributed by atoms with Crippen LogP contribution in [-0.2, 0) is 11.2 Å². The quantitative estimate of drug-likeness (QED) is 0.598. The van der Waals surface area contributed by atoms with Gasteiger partial charge in [0.25, 0.3) is 0 Å². The Balaban J connectivity index is 1.81. The van der Waals surface area contributed by atoms with E-state index in [0.717, 1.165) is 11.7 Å². The summed E-state index contributed by atoms with van der Waals surface area (Å²) in [5.41, 5.74) is 0.648. The van der Waals surface area contributed by atoms with Gasteiger partial charge in [0.05, 0.1) is 19.1 Å². The van der Waals surface area contributed by atoms with Crippen LogP contribution in [0.5, 0.6) is 5.75 Å². The number of rotatable bonds is 8. The van der Waals surface area contributed by atoms with Gasteiger partial charge in [-0.3, -0.25) is 0 Å². The lowest BCUT2D eigenvalue weighted by Crippen LogP contribution is -2.29. The summed E-state index contributed by atoms with van der Waals surface area (Å²) in [6.07, 6.45) is 1.92. The van der Waals surface area contributed by atoms with Gasteiger partial charge >= 0.3 is 6.18 Å². The van der Waals surface area contributed by atoms with Crippen LogP contribution in [0.15, 0.2) is 24.3 Å². The van der Waals surface area contributed by atoms with Crippen molar-refractivity contribution >= 4 is 0 Å². The third-order valence-corrected chi connectivity index (χ3v) is 5.27. The zero-order valence-electron chi connectivity index (χ0n) is 15.1. The molecule has 5 heteroatoms. The second-order valence-corrected chi connectivity index (χ2v) is 7.15. The number of hydrogen-bond acceptors (Lipinski definition) is 2. The Morgan fingerprint density at radius 2 is 1.64 bits per heavy atom. The molecule has 0 bridgehead atoms. The Morgan fingerprint density at radius 3 is 2.16 bits per heavy atom. The molecule has 0 N–H and O–H groups in total. The molecule has 0 amide bonds. The van der Waals surface area contributed by atoms with Crippen molar-refractivity contribution in [1.29, 1.82) is 0 Å². The van der Waals surface area contributed by atoms with E-state index in [2.05, 4.69) is 6.92 Å². The minimum atomic E-state index is -4.25. The molecule has 1 fully saturated rings. The Bertz CT molecular complexity index is 491. The molecule has 142 valence electrons. The van der Waals surface area contributed by atoms with Crippen LogP contribution in [0.1, 0.15) is 44.6 Å². The number of ether oxygens (including phenoxy) is 2. The number of halogens is 3. The average molecular weight is 358 g/mol. The second kappa shape index (κ2) is 9.46. The van der Waals surface area contributed by atoms with Crippen molar-refractivity contribution in [3.63, 3.8) is 0 Å². The molecule has 1 aliphatic rings. The summed E-state index contributed by atoms with van der Waals surface area (Å²) in [6.45, 7) is 2.63.